The molecule has 1 aromatic carbocycles. The average Bonchev–Trinajstić information content (AvgIpc) is 2.68. The summed E-state index contributed by atoms with van der Waals surface area (Å²) in [6.45, 7) is 1.63. The highest BCUT2D eigenvalue weighted by atomic mass is 32.2. The van der Waals surface area contributed by atoms with Gasteiger partial charge in [-0.05, 0) is 12.1 Å². The second kappa shape index (κ2) is 5.54. The number of aromatic hydroxyl groups is 1. The Morgan fingerprint density at radius 3 is 2.70 bits per heavy atom. The minimum Gasteiger partial charge on any atom is -0.506 e. The number of hydrogen-bond donors (Lipinski definition) is 2. The molecule has 1 unspecified atom stereocenters. The third-order valence-corrected chi connectivity index (χ3v) is 3.92. The molecule has 1 saturated heterocycles. The Labute approximate surface area is 119 Å². The predicted molar refractivity (Wildman–Crippen MR) is 74.1 cm³/mol. The lowest BCUT2D eigenvalue weighted by atomic mass is 10.1. The van der Waals surface area contributed by atoms with E-state index in [0.29, 0.717) is 0 Å². The van der Waals surface area contributed by atoms with E-state index in [-0.39, 0.29) is 46.2 Å². The fourth-order valence-corrected chi connectivity index (χ4v) is 3.11. The van der Waals surface area contributed by atoms with Crippen molar-refractivity contribution in [3.8, 4) is 5.75 Å². The second-order valence-electron chi connectivity index (χ2n) is 4.42. The van der Waals surface area contributed by atoms with Gasteiger partial charge in [0.25, 0.3) is 0 Å². The van der Waals surface area contributed by atoms with E-state index in [9.17, 15) is 19.5 Å². The lowest BCUT2D eigenvalue weighted by molar-refractivity contribution is -0.117. The molecule has 1 aliphatic heterocycles. The van der Waals surface area contributed by atoms with Gasteiger partial charge in [0, 0.05) is 25.1 Å². The van der Waals surface area contributed by atoms with E-state index < -0.39 is 5.97 Å². The number of carbonyl (C=O) groups excluding carboxylic acids is 2. The topological polar surface area (TPSA) is 94.9 Å². The van der Waals surface area contributed by atoms with Crippen LogP contribution in [-0.4, -0.2) is 39.0 Å². The Morgan fingerprint density at radius 2 is 2.10 bits per heavy atom. The zero-order valence-electron chi connectivity index (χ0n) is 10.7. The first-order chi connectivity index (χ1) is 9.40. The van der Waals surface area contributed by atoms with Gasteiger partial charge in [-0.1, -0.05) is 17.8 Å². The van der Waals surface area contributed by atoms with Crippen LogP contribution >= 0.6 is 11.8 Å². The SMILES string of the molecule is CC(=O)SC1CC(=O)N(c2c(O)cccc2C(=O)O)C1. The highest BCUT2D eigenvalue weighted by Gasteiger charge is 2.35. The molecule has 1 aromatic rings. The molecule has 1 fully saturated rings. The van der Waals surface area contributed by atoms with Crippen molar-refractivity contribution >= 4 is 34.4 Å². The van der Waals surface area contributed by atoms with Crippen LogP contribution < -0.4 is 4.90 Å². The van der Waals surface area contributed by atoms with Crippen LogP contribution in [0, 0.1) is 0 Å². The Hall–Kier alpha value is -2.02. The fourth-order valence-electron chi connectivity index (χ4n) is 2.19. The van der Waals surface area contributed by atoms with Gasteiger partial charge in [-0.3, -0.25) is 9.59 Å². The zero-order chi connectivity index (χ0) is 14.9. The molecule has 106 valence electrons. The molecule has 1 aliphatic rings. The van der Waals surface area contributed by atoms with Crippen LogP contribution in [0.2, 0.25) is 0 Å². The molecule has 0 aliphatic carbocycles. The molecular formula is C13H13NO5S. The lowest BCUT2D eigenvalue weighted by Gasteiger charge is -2.19. The van der Waals surface area contributed by atoms with Gasteiger partial charge in [0.2, 0.25) is 5.91 Å². The number of rotatable bonds is 3. The number of nitrogens with zero attached hydrogens (tertiary/aromatic N) is 1. The molecule has 0 bridgehead atoms. The summed E-state index contributed by atoms with van der Waals surface area (Å²) in [5.41, 5.74) is -0.136. The van der Waals surface area contributed by atoms with Crippen molar-refractivity contribution in [2.75, 3.05) is 11.4 Å². The molecule has 6 nitrogen and oxygen atoms in total. The Bertz CT molecular complexity index is 586. The van der Waals surface area contributed by atoms with E-state index >= 15 is 0 Å². The van der Waals surface area contributed by atoms with Crippen LogP contribution in [0.4, 0.5) is 5.69 Å². The number of hydrogen-bond acceptors (Lipinski definition) is 5. The maximum absolute atomic E-state index is 12.0. The van der Waals surface area contributed by atoms with Crippen molar-refractivity contribution < 1.29 is 24.6 Å². The number of phenols is 1. The van der Waals surface area contributed by atoms with Gasteiger partial charge < -0.3 is 15.1 Å². The van der Waals surface area contributed by atoms with Crippen LogP contribution in [0.25, 0.3) is 0 Å². The smallest absolute Gasteiger partial charge is 0.337 e. The summed E-state index contributed by atoms with van der Waals surface area (Å²) in [5.74, 6) is -1.77. The van der Waals surface area contributed by atoms with Crippen LogP contribution in [0.3, 0.4) is 0 Å². The summed E-state index contributed by atoms with van der Waals surface area (Å²) in [5, 5.41) is 18.7. The number of carboxylic acids is 1. The first-order valence-electron chi connectivity index (χ1n) is 5.93. The third-order valence-electron chi connectivity index (χ3n) is 2.94. The number of phenolic OH excluding ortho intramolecular Hbond substituents is 1. The van der Waals surface area contributed by atoms with Crippen molar-refractivity contribution in [2.45, 2.75) is 18.6 Å². The summed E-state index contributed by atoms with van der Waals surface area (Å²) >= 11 is 1.05. The van der Waals surface area contributed by atoms with Gasteiger partial charge in [0.05, 0.1) is 5.56 Å². The highest BCUT2D eigenvalue weighted by Crippen LogP contribution is 2.36. The van der Waals surface area contributed by atoms with E-state index in [2.05, 4.69) is 0 Å². The molecule has 2 rings (SSSR count). The fraction of sp³-hybridized carbons (Fsp3) is 0.308. The van der Waals surface area contributed by atoms with Gasteiger partial charge in [-0.25, -0.2) is 4.79 Å². The van der Waals surface area contributed by atoms with E-state index in [0.717, 1.165) is 11.8 Å². The van der Waals surface area contributed by atoms with Crippen molar-refractivity contribution in [3.05, 3.63) is 23.8 Å². The van der Waals surface area contributed by atoms with Gasteiger partial charge in [0.1, 0.15) is 11.4 Å². The standard InChI is InChI=1S/C13H13NO5S/c1-7(15)20-8-5-11(17)14(6-8)12-9(13(18)19)3-2-4-10(12)16/h2-4,8,16H,5-6H2,1H3,(H,18,19). The maximum atomic E-state index is 12.0. The van der Waals surface area contributed by atoms with Gasteiger partial charge >= 0.3 is 5.97 Å². The molecule has 1 amide bonds. The van der Waals surface area contributed by atoms with Gasteiger partial charge in [0.15, 0.2) is 5.12 Å². The minimum atomic E-state index is -1.22. The molecule has 7 heteroatoms. The van der Waals surface area contributed by atoms with E-state index in [1.807, 2.05) is 0 Å². The summed E-state index contributed by atoms with van der Waals surface area (Å²) in [7, 11) is 0. The van der Waals surface area contributed by atoms with E-state index in [1.54, 1.807) is 0 Å². The summed E-state index contributed by atoms with van der Waals surface area (Å²) in [6.07, 6.45) is 0.150. The Morgan fingerprint density at radius 1 is 1.40 bits per heavy atom. The average molecular weight is 295 g/mol. The maximum Gasteiger partial charge on any atom is 0.337 e. The third kappa shape index (κ3) is 2.77. The number of thioether (sulfide) groups is 1. The number of amides is 1. The Kier molecular flexibility index (Phi) is 3.99. The molecule has 1 heterocycles. The van der Waals surface area contributed by atoms with E-state index in [4.69, 9.17) is 5.11 Å². The highest BCUT2D eigenvalue weighted by molar-refractivity contribution is 8.14. The molecule has 2 N–H and O–H groups in total. The van der Waals surface area contributed by atoms with Crippen LogP contribution in [0.1, 0.15) is 23.7 Å². The lowest BCUT2D eigenvalue weighted by Crippen LogP contribution is -2.27. The van der Waals surface area contributed by atoms with Gasteiger partial charge in [-0.15, -0.1) is 0 Å². The number of anilines is 1. The summed E-state index contributed by atoms with van der Waals surface area (Å²) < 4.78 is 0. The molecule has 1 atom stereocenters. The normalized spacial score (nSPS) is 18.4. The number of carboxylic acid groups (broad SMARTS) is 1. The summed E-state index contributed by atoms with van der Waals surface area (Å²) in [6, 6.07) is 4.07. The zero-order valence-corrected chi connectivity index (χ0v) is 11.5. The second-order valence-corrected chi connectivity index (χ2v) is 5.90. The molecule has 0 aromatic heterocycles. The van der Waals surface area contributed by atoms with E-state index in [1.165, 1.54) is 30.0 Å². The van der Waals surface area contributed by atoms with Crippen LogP contribution in [-0.2, 0) is 9.59 Å². The van der Waals surface area contributed by atoms with Crippen molar-refractivity contribution in [1.82, 2.24) is 0 Å². The number of para-hydroxylation sites is 1. The molecule has 0 spiro atoms. The first-order valence-corrected chi connectivity index (χ1v) is 6.81. The monoisotopic (exact) mass is 295 g/mol. The molecule has 0 radical (unpaired) electrons. The summed E-state index contributed by atoms with van der Waals surface area (Å²) in [4.78, 5) is 35.5. The number of carbonyl (C=O) groups is 3. The predicted octanol–water partition coefficient (Wildman–Crippen LogP) is 1.48. The van der Waals surface area contributed by atoms with Crippen molar-refractivity contribution in [2.24, 2.45) is 0 Å². The largest absolute Gasteiger partial charge is 0.506 e. The molecule has 0 saturated carbocycles. The quantitative estimate of drug-likeness (QED) is 0.877. The van der Waals surface area contributed by atoms with Gasteiger partial charge in [-0.2, -0.15) is 0 Å². The number of aromatic carboxylic acids is 1. The molecule has 20 heavy (non-hydrogen) atoms. The molecular weight excluding hydrogens is 282 g/mol. The van der Waals surface area contributed by atoms with Crippen LogP contribution in [0.5, 0.6) is 5.75 Å². The first kappa shape index (κ1) is 14.4. The minimum absolute atomic E-state index is 0.00310. The van der Waals surface area contributed by atoms with Crippen molar-refractivity contribution in [3.63, 3.8) is 0 Å². The van der Waals surface area contributed by atoms with Crippen molar-refractivity contribution in [1.29, 1.82) is 0 Å². The van der Waals surface area contributed by atoms with Crippen LogP contribution in [0.15, 0.2) is 18.2 Å². The Balaban J connectivity index is 2.35. The number of benzene rings is 1.